The van der Waals surface area contributed by atoms with Crippen molar-refractivity contribution in [3.63, 3.8) is 0 Å². The fourth-order valence-corrected chi connectivity index (χ4v) is 8.61. The molecule has 0 aliphatic heterocycles. The molecule has 0 fully saturated rings. The number of hydrogen-bond acceptors (Lipinski definition) is 8. The average molecular weight is 615 g/mol. The first-order valence-corrected chi connectivity index (χ1v) is 15.3. The first-order valence-electron chi connectivity index (χ1n) is 15.3. The molecule has 2 aromatic carbocycles. The standard InChI is InChI=1S/C37H42O8/c1-9-10-19(4)21-11-14-26(45-8)23(15-21)22-12-13-25(39)28-24(22)16-35(6)17-36(7)29(18(2)3)31(40)27(20(5)38)33(42)37(36,44)34(43)30(35)32(28)41/h9,11-15,18-19,29,39-40,43-44H,1,10,16-17H2,2-8H3/t19?,29?,35-,36-,37+/m1/s1. The van der Waals surface area contributed by atoms with Gasteiger partial charge in [-0.25, -0.2) is 0 Å². The Bertz CT molecular complexity index is 1730. The summed E-state index contributed by atoms with van der Waals surface area (Å²) in [5.74, 6) is -4.62. The fraction of sp³-hybridized carbons (Fsp3) is 0.432. The summed E-state index contributed by atoms with van der Waals surface area (Å²) in [6.07, 6.45) is 2.80. The Balaban J connectivity index is 1.79. The molecule has 238 valence electrons. The van der Waals surface area contributed by atoms with Crippen LogP contribution in [-0.4, -0.2) is 50.5 Å². The van der Waals surface area contributed by atoms with Crippen molar-refractivity contribution in [3.05, 3.63) is 82.3 Å². The smallest absolute Gasteiger partial charge is 0.209 e. The van der Waals surface area contributed by atoms with Crippen molar-refractivity contribution in [2.45, 2.75) is 72.3 Å². The van der Waals surface area contributed by atoms with Gasteiger partial charge in [0.2, 0.25) is 5.78 Å². The van der Waals surface area contributed by atoms with Crippen molar-refractivity contribution in [2.75, 3.05) is 7.11 Å². The molecule has 0 heterocycles. The van der Waals surface area contributed by atoms with E-state index in [9.17, 15) is 34.8 Å². The molecule has 5 rings (SSSR count). The van der Waals surface area contributed by atoms with Crippen LogP contribution in [0.5, 0.6) is 11.5 Å². The van der Waals surface area contributed by atoms with Gasteiger partial charge in [0.15, 0.2) is 17.2 Å². The van der Waals surface area contributed by atoms with E-state index in [0.717, 1.165) is 24.5 Å². The molecule has 3 aliphatic rings. The van der Waals surface area contributed by atoms with Crippen molar-refractivity contribution < 1.29 is 39.5 Å². The van der Waals surface area contributed by atoms with Crippen LogP contribution in [0.4, 0.5) is 0 Å². The molecule has 0 aromatic heterocycles. The third-order valence-electron chi connectivity index (χ3n) is 10.5. The molecule has 0 saturated carbocycles. The fourth-order valence-electron chi connectivity index (χ4n) is 8.61. The molecule has 0 spiro atoms. The Morgan fingerprint density at radius 3 is 2.33 bits per heavy atom. The maximum atomic E-state index is 14.4. The van der Waals surface area contributed by atoms with Gasteiger partial charge in [-0.2, -0.15) is 0 Å². The molecule has 4 N–H and O–H groups in total. The lowest BCUT2D eigenvalue weighted by atomic mass is 9.44. The van der Waals surface area contributed by atoms with Gasteiger partial charge in [-0.1, -0.05) is 52.8 Å². The number of carbonyl (C=O) groups excluding carboxylic acids is 3. The average Bonchev–Trinajstić information content (AvgIpc) is 2.94. The van der Waals surface area contributed by atoms with E-state index in [1.165, 1.54) is 6.07 Å². The summed E-state index contributed by atoms with van der Waals surface area (Å²) in [5, 5.41) is 46.6. The maximum Gasteiger partial charge on any atom is 0.209 e. The molecule has 5 atom stereocenters. The molecule has 0 radical (unpaired) electrons. The lowest BCUT2D eigenvalue weighted by molar-refractivity contribution is -0.171. The minimum Gasteiger partial charge on any atom is -0.511 e. The van der Waals surface area contributed by atoms with Crippen LogP contribution in [-0.2, 0) is 16.0 Å². The van der Waals surface area contributed by atoms with E-state index in [0.29, 0.717) is 16.9 Å². The van der Waals surface area contributed by atoms with Gasteiger partial charge in [-0.3, -0.25) is 14.4 Å². The Kier molecular flexibility index (Phi) is 7.68. The molecular weight excluding hydrogens is 572 g/mol. The largest absolute Gasteiger partial charge is 0.511 e. The molecular formula is C37H42O8. The number of fused-ring (bicyclic) bond motifs is 3. The first kappa shape index (κ1) is 32.2. The zero-order valence-corrected chi connectivity index (χ0v) is 26.9. The van der Waals surface area contributed by atoms with Crippen molar-refractivity contribution in [3.8, 4) is 22.6 Å². The summed E-state index contributed by atoms with van der Waals surface area (Å²) >= 11 is 0. The number of ether oxygens (including phenoxy) is 1. The van der Waals surface area contributed by atoms with E-state index in [1.807, 2.05) is 38.1 Å². The highest BCUT2D eigenvalue weighted by atomic mass is 16.5. The number of phenolic OH excluding ortho intramolecular Hbond substituents is 1. The van der Waals surface area contributed by atoms with E-state index in [4.69, 9.17) is 4.74 Å². The summed E-state index contributed by atoms with van der Waals surface area (Å²) in [4.78, 5) is 40.9. The van der Waals surface area contributed by atoms with Gasteiger partial charge in [-0.15, -0.1) is 6.58 Å². The molecule has 8 nitrogen and oxygen atoms in total. The molecule has 0 saturated heterocycles. The monoisotopic (exact) mass is 614 g/mol. The third kappa shape index (κ3) is 4.32. The summed E-state index contributed by atoms with van der Waals surface area (Å²) < 4.78 is 5.74. The number of benzene rings is 2. The van der Waals surface area contributed by atoms with Gasteiger partial charge < -0.3 is 25.2 Å². The van der Waals surface area contributed by atoms with E-state index >= 15 is 0 Å². The quantitative estimate of drug-likeness (QED) is 0.199. The summed E-state index contributed by atoms with van der Waals surface area (Å²) in [5.41, 5.74) is -3.05. The number of methoxy groups -OCH3 is 1. The predicted octanol–water partition coefficient (Wildman–Crippen LogP) is 6.70. The van der Waals surface area contributed by atoms with E-state index in [-0.39, 0.29) is 41.6 Å². The van der Waals surface area contributed by atoms with Crippen LogP contribution in [0.25, 0.3) is 11.1 Å². The Morgan fingerprint density at radius 1 is 1.09 bits per heavy atom. The number of phenols is 1. The topological polar surface area (TPSA) is 141 Å². The Labute approximate surface area is 263 Å². The van der Waals surface area contributed by atoms with Crippen molar-refractivity contribution >= 4 is 17.3 Å². The number of ketones is 3. The second kappa shape index (κ2) is 10.7. The maximum absolute atomic E-state index is 14.4. The third-order valence-corrected chi connectivity index (χ3v) is 10.5. The number of Topliss-reactive ketones (excluding diaryl/α,β-unsaturated/α-hetero) is 3. The Hall–Kier alpha value is -4.17. The molecule has 0 bridgehead atoms. The van der Waals surface area contributed by atoms with Gasteiger partial charge in [0.25, 0.3) is 0 Å². The zero-order chi connectivity index (χ0) is 33.4. The van der Waals surface area contributed by atoms with Crippen LogP contribution in [0.15, 0.2) is 65.7 Å². The second-order valence-corrected chi connectivity index (χ2v) is 13.8. The Morgan fingerprint density at radius 2 is 1.76 bits per heavy atom. The SMILES string of the molecule is C=CCC(C)c1ccc(OC)c(-c2ccc(O)c3c2C[C@]2(C)C[C@]4(C)C(C(C)C)C(O)=C(C(C)=O)C(=O)[C@]4(O)C(O)=C2C3=O)c1. The number of hydrogen-bond donors (Lipinski definition) is 4. The predicted molar refractivity (Wildman–Crippen MR) is 170 cm³/mol. The summed E-state index contributed by atoms with van der Waals surface area (Å²) in [6, 6.07) is 9.03. The summed E-state index contributed by atoms with van der Waals surface area (Å²) in [6.45, 7) is 14.1. The minimum atomic E-state index is -2.65. The van der Waals surface area contributed by atoms with Crippen LogP contribution < -0.4 is 4.74 Å². The van der Waals surface area contributed by atoms with Gasteiger partial charge in [0.1, 0.15) is 28.6 Å². The minimum absolute atomic E-state index is 0.0214. The lowest BCUT2D eigenvalue weighted by Crippen LogP contribution is -2.67. The van der Waals surface area contributed by atoms with Gasteiger partial charge in [0.05, 0.1) is 12.7 Å². The highest BCUT2D eigenvalue weighted by Crippen LogP contribution is 2.65. The van der Waals surface area contributed by atoms with E-state index in [1.54, 1.807) is 27.0 Å². The van der Waals surface area contributed by atoms with E-state index < -0.39 is 56.8 Å². The van der Waals surface area contributed by atoms with Crippen molar-refractivity contribution in [1.29, 1.82) is 0 Å². The second-order valence-electron chi connectivity index (χ2n) is 13.8. The van der Waals surface area contributed by atoms with Crippen LogP contribution >= 0.6 is 0 Å². The van der Waals surface area contributed by atoms with Crippen molar-refractivity contribution in [1.82, 2.24) is 0 Å². The number of allylic oxidation sites excluding steroid dienone is 3. The molecule has 0 amide bonds. The van der Waals surface area contributed by atoms with Gasteiger partial charge >= 0.3 is 0 Å². The number of aliphatic hydroxyl groups excluding tert-OH is 2. The van der Waals surface area contributed by atoms with Crippen LogP contribution in [0, 0.1) is 22.7 Å². The van der Waals surface area contributed by atoms with Gasteiger partial charge in [0, 0.05) is 27.9 Å². The molecule has 2 unspecified atom stereocenters. The molecule has 3 aliphatic carbocycles. The normalized spacial score (nSPS) is 28.4. The highest BCUT2D eigenvalue weighted by Gasteiger charge is 2.71. The molecule has 2 aromatic rings. The van der Waals surface area contributed by atoms with Crippen molar-refractivity contribution in [2.24, 2.45) is 22.7 Å². The molecule has 8 heteroatoms. The first-order chi connectivity index (χ1) is 21.0. The number of aliphatic hydroxyl groups is 3. The van der Waals surface area contributed by atoms with Crippen LogP contribution in [0.1, 0.15) is 81.8 Å². The number of aromatic hydroxyl groups is 1. The summed E-state index contributed by atoms with van der Waals surface area (Å²) in [7, 11) is 1.56. The highest BCUT2D eigenvalue weighted by molar-refractivity contribution is 6.25. The van der Waals surface area contributed by atoms with Crippen LogP contribution in [0.2, 0.25) is 0 Å². The number of carbonyl (C=O) groups is 3. The van der Waals surface area contributed by atoms with Gasteiger partial charge in [-0.05, 0) is 72.9 Å². The number of rotatable bonds is 7. The molecule has 45 heavy (non-hydrogen) atoms. The van der Waals surface area contributed by atoms with Crippen LogP contribution in [0.3, 0.4) is 0 Å². The van der Waals surface area contributed by atoms with E-state index in [2.05, 4.69) is 13.5 Å². The zero-order valence-electron chi connectivity index (χ0n) is 26.9. The lowest BCUT2D eigenvalue weighted by Gasteiger charge is -2.59.